The van der Waals surface area contributed by atoms with E-state index < -0.39 is 0 Å². The van der Waals surface area contributed by atoms with E-state index in [0.717, 1.165) is 29.5 Å². The monoisotopic (exact) mass is 475 g/mol. The number of halogens is 1. The molecule has 34 heavy (non-hydrogen) atoms. The number of nitrogens with zero attached hydrogens (tertiary/aromatic N) is 3. The fourth-order valence-electron chi connectivity index (χ4n) is 3.70. The van der Waals surface area contributed by atoms with Gasteiger partial charge in [-0.1, -0.05) is 54.1 Å². The minimum Gasteiger partial charge on any atom is -0.382 e. The Balaban J connectivity index is 1.30. The number of nitrogens with two attached hydrogens (primary N) is 1. The second kappa shape index (κ2) is 10.9. The van der Waals surface area contributed by atoms with Gasteiger partial charge in [0.05, 0.1) is 13.1 Å². The number of carbonyl (C=O) groups is 1. The molecular formula is C26H26ClN5O2. The van der Waals surface area contributed by atoms with Crippen molar-refractivity contribution in [2.45, 2.75) is 25.9 Å². The molecule has 3 N–H and O–H groups in total. The Morgan fingerprint density at radius 3 is 2.47 bits per heavy atom. The highest BCUT2D eigenvalue weighted by Crippen LogP contribution is 2.14. The van der Waals surface area contributed by atoms with E-state index >= 15 is 0 Å². The van der Waals surface area contributed by atoms with Gasteiger partial charge in [0.25, 0.3) is 11.5 Å². The molecule has 0 bridgehead atoms. The Bertz CT molecular complexity index is 1330. The maximum absolute atomic E-state index is 12.5. The van der Waals surface area contributed by atoms with Gasteiger partial charge in [0.15, 0.2) is 5.82 Å². The quantitative estimate of drug-likeness (QED) is 0.360. The van der Waals surface area contributed by atoms with Crippen LogP contribution in [0.4, 0.5) is 5.82 Å². The molecule has 8 heteroatoms. The van der Waals surface area contributed by atoms with Crippen LogP contribution >= 0.6 is 11.6 Å². The van der Waals surface area contributed by atoms with Crippen LogP contribution in [0.1, 0.15) is 33.5 Å². The van der Waals surface area contributed by atoms with E-state index in [0.29, 0.717) is 30.2 Å². The summed E-state index contributed by atoms with van der Waals surface area (Å²) in [4.78, 5) is 24.4. The van der Waals surface area contributed by atoms with Gasteiger partial charge in [-0.15, -0.1) is 0 Å². The number of carbonyl (C=O) groups excluding carboxylic acids is 1. The number of amides is 1. The van der Waals surface area contributed by atoms with E-state index in [1.165, 1.54) is 0 Å². The standard InChI is InChI=1S/C26H26ClN5O2/c27-22-7-3-5-19(15-22)6-4-13-29-26(34)23-18-32(30-25(23)28)17-21-11-9-20(10-12-21)16-31-14-2-1-8-24(31)33/h1-3,5,7-12,14-15,18H,4,6,13,16-17H2,(H2,28,30)(H,29,34). The molecule has 0 atom stereocenters. The van der Waals surface area contributed by atoms with E-state index in [4.69, 9.17) is 17.3 Å². The van der Waals surface area contributed by atoms with Gasteiger partial charge in [-0.2, -0.15) is 5.10 Å². The molecule has 4 aromatic rings. The van der Waals surface area contributed by atoms with Gasteiger partial charge in [0, 0.05) is 30.0 Å². The maximum Gasteiger partial charge on any atom is 0.256 e. The summed E-state index contributed by atoms with van der Waals surface area (Å²) >= 11 is 6.01. The van der Waals surface area contributed by atoms with Crippen LogP contribution < -0.4 is 16.6 Å². The maximum atomic E-state index is 12.5. The first-order valence-corrected chi connectivity index (χ1v) is 11.4. The van der Waals surface area contributed by atoms with Crippen molar-refractivity contribution in [2.75, 3.05) is 12.3 Å². The molecule has 7 nitrogen and oxygen atoms in total. The summed E-state index contributed by atoms with van der Waals surface area (Å²) < 4.78 is 3.32. The average Bonchev–Trinajstić information content (AvgIpc) is 3.19. The summed E-state index contributed by atoms with van der Waals surface area (Å²) in [5.74, 6) is -0.0362. The molecule has 0 saturated heterocycles. The Morgan fingerprint density at radius 1 is 0.971 bits per heavy atom. The fourth-order valence-corrected chi connectivity index (χ4v) is 3.91. The summed E-state index contributed by atoms with van der Waals surface area (Å²) in [5.41, 5.74) is 9.49. The van der Waals surface area contributed by atoms with Crippen molar-refractivity contribution < 1.29 is 4.79 Å². The first-order valence-electron chi connectivity index (χ1n) is 11.1. The van der Waals surface area contributed by atoms with Gasteiger partial charge in [-0.3, -0.25) is 14.3 Å². The number of nitrogens with one attached hydrogen (secondary N) is 1. The van der Waals surface area contributed by atoms with Crippen LogP contribution in [0, 0.1) is 0 Å². The van der Waals surface area contributed by atoms with Gasteiger partial charge < -0.3 is 15.6 Å². The van der Waals surface area contributed by atoms with Gasteiger partial charge in [0.2, 0.25) is 0 Å². The SMILES string of the molecule is Nc1nn(Cc2ccc(Cn3ccccc3=O)cc2)cc1C(=O)NCCCc1cccc(Cl)c1. The van der Waals surface area contributed by atoms with Crippen molar-refractivity contribution >= 4 is 23.3 Å². The average molecular weight is 476 g/mol. The lowest BCUT2D eigenvalue weighted by molar-refractivity contribution is 0.0954. The first kappa shape index (κ1) is 23.3. The largest absolute Gasteiger partial charge is 0.382 e. The van der Waals surface area contributed by atoms with Gasteiger partial charge in [-0.05, 0) is 47.7 Å². The van der Waals surface area contributed by atoms with Crippen molar-refractivity contribution in [1.82, 2.24) is 19.7 Å². The van der Waals surface area contributed by atoms with E-state index in [9.17, 15) is 9.59 Å². The van der Waals surface area contributed by atoms with Crippen LogP contribution in [0.2, 0.25) is 5.02 Å². The van der Waals surface area contributed by atoms with Crippen molar-refractivity contribution in [1.29, 1.82) is 0 Å². The Kier molecular flexibility index (Phi) is 7.44. The third kappa shape index (κ3) is 6.14. The normalized spacial score (nSPS) is 10.9. The highest BCUT2D eigenvalue weighted by Gasteiger charge is 2.14. The van der Waals surface area contributed by atoms with Gasteiger partial charge >= 0.3 is 0 Å². The zero-order valence-electron chi connectivity index (χ0n) is 18.7. The van der Waals surface area contributed by atoms with E-state index in [1.807, 2.05) is 54.6 Å². The summed E-state index contributed by atoms with van der Waals surface area (Å²) in [6.45, 7) is 1.52. The molecule has 2 aromatic heterocycles. The number of hydrogen-bond donors (Lipinski definition) is 2. The van der Waals surface area contributed by atoms with Gasteiger partial charge in [0.1, 0.15) is 5.56 Å². The molecule has 4 rings (SSSR count). The highest BCUT2D eigenvalue weighted by molar-refractivity contribution is 6.30. The van der Waals surface area contributed by atoms with E-state index in [-0.39, 0.29) is 17.3 Å². The predicted molar refractivity (Wildman–Crippen MR) is 134 cm³/mol. The van der Waals surface area contributed by atoms with Gasteiger partial charge in [-0.25, -0.2) is 0 Å². The van der Waals surface area contributed by atoms with Crippen LogP contribution in [0.5, 0.6) is 0 Å². The molecular weight excluding hydrogens is 450 g/mol. The lowest BCUT2D eigenvalue weighted by atomic mass is 10.1. The summed E-state index contributed by atoms with van der Waals surface area (Å²) in [7, 11) is 0. The minimum absolute atomic E-state index is 0.0335. The zero-order chi connectivity index (χ0) is 23.9. The number of anilines is 1. The Labute approximate surface area is 202 Å². The molecule has 0 radical (unpaired) electrons. The fraction of sp³-hybridized carbons (Fsp3) is 0.192. The van der Waals surface area contributed by atoms with Crippen LogP contribution in [0.25, 0.3) is 0 Å². The second-order valence-corrected chi connectivity index (χ2v) is 8.53. The number of hydrogen-bond acceptors (Lipinski definition) is 4. The third-order valence-electron chi connectivity index (χ3n) is 5.47. The first-order chi connectivity index (χ1) is 16.5. The molecule has 174 valence electrons. The molecule has 0 spiro atoms. The van der Waals surface area contributed by atoms with Crippen LogP contribution in [-0.4, -0.2) is 26.8 Å². The van der Waals surface area contributed by atoms with E-state index in [1.54, 1.807) is 33.8 Å². The van der Waals surface area contributed by atoms with Crippen molar-refractivity contribution in [3.05, 3.63) is 117 Å². The molecule has 0 aliphatic heterocycles. The third-order valence-corrected chi connectivity index (χ3v) is 5.71. The summed E-state index contributed by atoms with van der Waals surface area (Å²) in [6, 6.07) is 20.8. The molecule has 0 fully saturated rings. The Hall–Kier alpha value is -3.84. The molecule has 0 unspecified atom stereocenters. The number of benzene rings is 2. The highest BCUT2D eigenvalue weighted by atomic mass is 35.5. The summed E-state index contributed by atoms with van der Waals surface area (Å²) in [6.07, 6.45) is 5.05. The summed E-state index contributed by atoms with van der Waals surface area (Å²) in [5, 5.41) is 7.90. The molecule has 0 aliphatic rings. The number of aromatic nitrogens is 3. The van der Waals surface area contributed by atoms with Crippen LogP contribution in [0.15, 0.2) is 83.9 Å². The van der Waals surface area contributed by atoms with E-state index in [2.05, 4.69) is 10.4 Å². The second-order valence-electron chi connectivity index (χ2n) is 8.10. The van der Waals surface area contributed by atoms with Crippen LogP contribution in [0.3, 0.4) is 0 Å². The lowest BCUT2D eigenvalue weighted by Crippen LogP contribution is -2.25. The number of pyridine rings is 1. The molecule has 0 saturated carbocycles. The minimum atomic E-state index is -0.238. The van der Waals surface area contributed by atoms with Crippen molar-refractivity contribution in [2.24, 2.45) is 0 Å². The lowest BCUT2D eigenvalue weighted by Gasteiger charge is -2.07. The molecule has 1 amide bonds. The number of rotatable bonds is 9. The zero-order valence-corrected chi connectivity index (χ0v) is 19.4. The van der Waals surface area contributed by atoms with Crippen LogP contribution in [-0.2, 0) is 19.5 Å². The Morgan fingerprint density at radius 2 is 1.74 bits per heavy atom. The topological polar surface area (TPSA) is 94.9 Å². The predicted octanol–water partition coefficient (Wildman–Crippen LogP) is 3.74. The van der Waals surface area contributed by atoms with Crippen molar-refractivity contribution in [3.8, 4) is 0 Å². The number of nitrogen functional groups attached to an aromatic ring is 1. The smallest absolute Gasteiger partial charge is 0.256 e. The molecule has 2 aromatic carbocycles. The molecule has 2 heterocycles. The number of aryl methyl sites for hydroxylation is 1. The van der Waals surface area contributed by atoms with Crippen molar-refractivity contribution in [3.63, 3.8) is 0 Å². The molecule has 0 aliphatic carbocycles.